The van der Waals surface area contributed by atoms with E-state index in [1.165, 1.54) is 7.11 Å². The molecule has 1 aromatic heterocycles. The molecule has 1 rings (SSSR count). The van der Waals surface area contributed by atoms with E-state index < -0.39 is 0 Å². The highest BCUT2D eigenvalue weighted by molar-refractivity contribution is 5.90. The lowest BCUT2D eigenvalue weighted by Crippen LogP contribution is -2.06. The van der Waals surface area contributed by atoms with E-state index in [0.717, 1.165) is 5.69 Å². The first-order valence-corrected chi connectivity index (χ1v) is 4.45. The predicted octanol–water partition coefficient (Wildman–Crippen LogP) is 1.89. The molecule has 6 heteroatoms. The summed E-state index contributed by atoms with van der Waals surface area (Å²) in [6.45, 7) is 2.75. The van der Waals surface area contributed by atoms with Gasteiger partial charge in [0, 0.05) is 29.9 Å². The molecule has 0 aliphatic heterocycles. The summed E-state index contributed by atoms with van der Waals surface area (Å²) in [4.78, 5) is 13.9. The topological polar surface area (TPSA) is 80.0 Å². The Hall–Kier alpha value is -1.94. The number of esters is 1. The quantitative estimate of drug-likeness (QED) is 0.327. The second-order valence-corrected chi connectivity index (χ2v) is 2.95. The SMILES string of the molecule is COC(=O)c1ccn(CCN=[N+]=[N-])c1C. The van der Waals surface area contributed by atoms with Crippen molar-refractivity contribution in [3.05, 3.63) is 34.0 Å². The average molecular weight is 208 g/mol. The van der Waals surface area contributed by atoms with E-state index in [1.807, 2.05) is 11.5 Å². The van der Waals surface area contributed by atoms with Crippen LogP contribution >= 0.6 is 0 Å². The molecule has 0 unspecified atom stereocenters. The molecule has 0 spiro atoms. The van der Waals surface area contributed by atoms with Crippen molar-refractivity contribution in [3.63, 3.8) is 0 Å². The largest absolute Gasteiger partial charge is 0.465 e. The monoisotopic (exact) mass is 208 g/mol. The lowest BCUT2D eigenvalue weighted by Gasteiger charge is -2.04. The van der Waals surface area contributed by atoms with Crippen LogP contribution in [0.5, 0.6) is 0 Å². The standard InChI is InChI=1S/C9H12N4O2/c1-7-8(9(14)15-2)3-5-13(7)6-4-11-12-10/h3,5H,4,6H2,1-2H3. The fourth-order valence-corrected chi connectivity index (χ4v) is 1.32. The van der Waals surface area contributed by atoms with Gasteiger partial charge in [0.1, 0.15) is 0 Å². The summed E-state index contributed by atoms with van der Waals surface area (Å²) in [7, 11) is 1.35. The van der Waals surface area contributed by atoms with E-state index in [1.54, 1.807) is 12.3 Å². The van der Waals surface area contributed by atoms with Crippen LogP contribution in [0.1, 0.15) is 16.1 Å². The van der Waals surface area contributed by atoms with Gasteiger partial charge in [-0.3, -0.25) is 0 Å². The third-order valence-electron chi connectivity index (χ3n) is 2.15. The van der Waals surface area contributed by atoms with Crippen molar-refractivity contribution in [1.82, 2.24) is 4.57 Å². The number of hydrogen-bond acceptors (Lipinski definition) is 3. The molecule has 0 aromatic carbocycles. The summed E-state index contributed by atoms with van der Waals surface area (Å²) in [5.41, 5.74) is 9.48. The van der Waals surface area contributed by atoms with Gasteiger partial charge in [0.2, 0.25) is 0 Å². The molecule has 15 heavy (non-hydrogen) atoms. The Bertz CT molecular complexity index is 404. The second-order valence-electron chi connectivity index (χ2n) is 2.95. The first kappa shape index (κ1) is 11.1. The molecule has 0 fully saturated rings. The molecule has 0 atom stereocenters. The number of carbonyl (C=O) groups excluding carboxylic acids is 1. The van der Waals surface area contributed by atoms with E-state index in [4.69, 9.17) is 5.53 Å². The fraction of sp³-hybridized carbons (Fsp3) is 0.444. The Morgan fingerprint density at radius 3 is 3.07 bits per heavy atom. The first-order chi connectivity index (χ1) is 7.20. The van der Waals surface area contributed by atoms with Gasteiger partial charge in [0.25, 0.3) is 0 Å². The van der Waals surface area contributed by atoms with Crippen molar-refractivity contribution < 1.29 is 9.53 Å². The Morgan fingerprint density at radius 1 is 1.73 bits per heavy atom. The van der Waals surface area contributed by atoms with E-state index >= 15 is 0 Å². The van der Waals surface area contributed by atoms with E-state index in [2.05, 4.69) is 14.8 Å². The summed E-state index contributed by atoms with van der Waals surface area (Å²) < 4.78 is 6.47. The molecule has 0 saturated carbocycles. The average Bonchev–Trinajstić information content (AvgIpc) is 2.60. The summed E-state index contributed by atoms with van der Waals surface area (Å²) in [6, 6.07) is 1.69. The maximum Gasteiger partial charge on any atom is 0.339 e. The zero-order valence-corrected chi connectivity index (χ0v) is 8.67. The maximum absolute atomic E-state index is 11.3. The summed E-state index contributed by atoms with van der Waals surface area (Å²) in [5, 5.41) is 3.43. The number of rotatable bonds is 4. The Labute approximate surface area is 87.1 Å². The molecular weight excluding hydrogens is 196 g/mol. The highest BCUT2D eigenvalue weighted by atomic mass is 16.5. The molecular formula is C9H12N4O2. The zero-order valence-electron chi connectivity index (χ0n) is 8.67. The number of aromatic nitrogens is 1. The molecule has 1 heterocycles. The lowest BCUT2D eigenvalue weighted by molar-refractivity contribution is 0.0600. The van der Waals surface area contributed by atoms with Crippen molar-refractivity contribution in [2.45, 2.75) is 13.5 Å². The van der Waals surface area contributed by atoms with Crippen molar-refractivity contribution in [2.75, 3.05) is 13.7 Å². The van der Waals surface area contributed by atoms with Crippen LogP contribution in [0.3, 0.4) is 0 Å². The predicted molar refractivity (Wildman–Crippen MR) is 54.5 cm³/mol. The number of nitrogens with zero attached hydrogens (tertiary/aromatic N) is 4. The van der Waals surface area contributed by atoms with Gasteiger partial charge < -0.3 is 9.30 Å². The molecule has 80 valence electrons. The number of carbonyl (C=O) groups is 1. The molecule has 0 aliphatic rings. The number of hydrogen-bond donors (Lipinski definition) is 0. The summed E-state index contributed by atoms with van der Waals surface area (Å²) in [5.74, 6) is -0.352. The van der Waals surface area contributed by atoms with Crippen LogP contribution in [0.2, 0.25) is 0 Å². The smallest absolute Gasteiger partial charge is 0.339 e. The van der Waals surface area contributed by atoms with Crippen molar-refractivity contribution >= 4 is 5.97 Å². The third kappa shape index (κ3) is 2.51. The molecule has 0 bridgehead atoms. The molecule has 0 radical (unpaired) electrons. The van der Waals surface area contributed by atoms with Crippen LogP contribution in [-0.2, 0) is 11.3 Å². The molecule has 0 N–H and O–H groups in total. The Balaban J connectivity index is 2.79. The van der Waals surface area contributed by atoms with Gasteiger partial charge in [-0.25, -0.2) is 4.79 Å². The second kappa shape index (κ2) is 5.07. The minimum atomic E-state index is -0.352. The zero-order chi connectivity index (χ0) is 11.3. The third-order valence-corrected chi connectivity index (χ3v) is 2.15. The van der Waals surface area contributed by atoms with Crippen LogP contribution in [0.25, 0.3) is 10.4 Å². The minimum absolute atomic E-state index is 0.352. The van der Waals surface area contributed by atoms with Crippen LogP contribution in [0.4, 0.5) is 0 Å². The van der Waals surface area contributed by atoms with Crippen LogP contribution in [0, 0.1) is 6.92 Å². The summed E-state index contributed by atoms with van der Waals surface area (Å²) >= 11 is 0. The Morgan fingerprint density at radius 2 is 2.47 bits per heavy atom. The molecule has 0 saturated heterocycles. The van der Waals surface area contributed by atoms with Crippen molar-refractivity contribution in [3.8, 4) is 0 Å². The highest BCUT2D eigenvalue weighted by Crippen LogP contribution is 2.10. The molecule has 6 nitrogen and oxygen atoms in total. The van der Waals surface area contributed by atoms with Crippen molar-refractivity contribution in [2.24, 2.45) is 5.11 Å². The van der Waals surface area contributed by atoms with Gasteiger partial charge >= 0.3 is 5.97 Å². The van der Waals surface area contributed by atoms with E-state index in [0.29, 0.717) is 18.7 Å². The number of methoxy groups -OCH3 is 1. The summed E-state index contributed by atoms with van der Waals surface area (Å²) in [6.07, 6.45) is 1.77. The molecule has 1 aromatic rings. The normalized spacial score (nSPS) is 9.47. The van der Waals surface area contributed by atoms with Gasteiger partial charge in [-0.1, -0.05) is 5.11 Å². The number of ether oxygens (including phenoxy) is 1. The van der Waals surface area contributed by atoms with Gasteiger partial charge in [0.05, 0.1) is 12.7 Å². The lowest BCUT2D eigenvalue weighted by atomic mass is 10.2. The highest BCUT2D eigenvalue weighted by Gasteiger charge is 2.11. The number of azide groups is 1. The van der Waals surface area contributed by atoms with E-state index in [-0.39, 0.29) is 5.97 Å². The molecule has 0 aliphatic carbocycles. The van der Waals surface area contributed by atoms with Crippen molar-refractivity contribution in [1.29, 1.82) is 0 Å². The molecule has 0 amide bonds. The van der Waals surface area contributed by atoms with Crippen LogP contribution in [0.15, 0.2) is 17.4 Å². The van der Waals surface area contributed by atoms with Crippen LogP contribution < -0.4 is 0 Å². The van der Waals surface area contributed by atoms with Gasteiger partial charge in [-0.05, 0) is 18.5 Å². The minimum Gasteiger partial charge on any atom is -0.465 e. The first-order valence-electron chi connectivity index (χ1n) is 4.45. The van der Waals surface area contributed by atoms with Gasteiger partial charge in [-0.15, -0.1) is 0 Å². The van der Waals surface area contributed by atoms with E-state index in [9.17, 15) is 4.79 Å². The van der Waals surface area contributed by atoms with Crippen LogP contribution in [-0.4, -0.2) is 24.2 Å². The van der Waals surface area contributed by atoms with Gasteiger partial charge in [-0.2, -0.15) is 0 Å². The fourth-order valence-electron chi connectivity index (χ4n) is 1.32. The Kier molecular flexibility index (Phi) is 3.76. The van der Waals surface area contributed by atoms with Gasteiger partial charge in [0.15, 0.2) is 0 Å². The maximum atomic E-state index is 11.3.